The third-order valence-corrected chi connectivity index (χ3v) is 3.32. The number of hydrogen-bond donors (Lipinski definition) is 2. The number of ether oxygens (including phenoxy) is 1. The van der Waals surface area contributed by atoms with Gasteiger partial charge in [-0.15, -0.1) is 24.0 Å². The van der Waals surface area contributed by atoms with E-state index in [1.54, 1.807) is 6.07 Å². The molecule has 0 spiro atoms. The van der Waals surface area contributed by atoms with Gasteiger partial charge in [-0.05, 0) is 49.9 Å². The van der Waals surface area contributed by atoms with Gasteiger partial charge in [0.2, 0.25) is 0 Å². The molecule has 26 heavy (non-hydrogen) atoms. The Bertz CT molecular complexity index is 553. The van der Waals surface area contributed by atoms with E-state index in [4.69, 9.17) is 0 Å². The highest BCUT2D eigenvalue weighted by Gasteiger charge is 2.27. The van der Waals surface area contributed by atoms with Gasteiger partial charge >= 0.3 is 6.18 Å². The first kappa shape index (κ1) is 24.9. The lowest BCUT2D eigenvalue weighted by Crippen LogP contribution is -2.38. The molecule has 9 heteroatoms. The molecule has 0 radical (unpaired) electrons. The van der Waals surface area contributed by atoms with Crippen LogP contribution in [-0.4, -0.2) is 45.0 Å². The first-order valence-electron chi connectivity index (χ1n) is 8.23. The number of nitrogens with one attached hydrogen (secondary N) is 2. The smallest absolute Gasteiger partial charge is 0.372 e. The van der Waals surface area contributed by atoms with Gasteiger partial charge in [-0.25, -0.2) is 4.39 Å². The molecule has 0 unspecified atom stereocenters. The van der Waals surface area contributed by atoms with Crippen LogP contribution in [0.25, 0.3) is 0 Å². The van der Waals surface area contributed by atoms with Crippen LogP contribution in [0, 0.1) is 12.7 Å². The number of aryl methyl sites for hydroxylation is 1. The minimum Gasteiger partial charge on any atom is -0.372 e. The number of guanidine groups is 1. The molecule has 0 fully saturated rings. The second kappa shape index (κ2) is 13.1. The zero-order valence-electron chi connectivity index (χ0n) is 15.0. The molecule has 0 saturated carbocycles. The first-order chi connectivity index (χ1) is 11.8. The second-order valence-electron chi connectivity index (χ2n) is 5.53. The van der Waals surface area contributed by atoms with E-state index < -0.39 is 12.8 Å². The highest BCUT2D eigenvalue weighted by Crippen LogP contribution is 2.14. The maximum atomic E-state index is 13.1. The second-order valence-corrected chi connectivity index (χ2v) is 5.53. The Kier molecular flexibility index (Phi) is 12.6. The fourth-order valence-electron chi connectivity index (χ4n) is 2.14. The van der Waals surface area contributed by atoms with Crippen molar-refractivity contribution in [2.45, 2.75) is 32.9 Å². The fraction of sp³-hybridized carbons (Fsp3) is 0.588. The van der Waals surface area contributed by atoms with Gasteiger partial charge in [0.25, 0.3) is 0 Å². The molecule has 0 atom stereocenters. The van der Waals surface area contributed by atoms with Crippen molar-refractivity contribution in [1.82, 2.24) is 10.6 Å². The Hall–Kier alpha value is -1.10. The monoisotopic (exact) mass is 491 g/mol. The van der Waals surface area contributed by atoms with Gasteiger partial charge in [0.1, 0.15) is 12.4 Å². The molecule has 0 amide bonds. The third-order valence-electron chi connectivity index (χ3n) is 3.32. The van der Waals surface area contributed by atoms with E-state index in [-0.39, 0.29) is 36.4 Å². The number of alkyl halides is 3. The molecule has 0 heterocycles. The van der Waals surface area contributed by atoms with Gasteiger partial charge in [0, 0.05) is 26.2 Å². The van der Waals surface area contributed by atoms with E-state index in [0.717, 1.165) is 11.1 Å². The van der Waals surface area contributed by atoms with Crippen LogP contribution in [0.15, 0.2) is 23.2 Å². The lowest BCUT2D eigenvalue weighted by Gasteiger charge is -2.12. The van der Waals surface area contributed by atoms with E-state index in [1.807, 2.05) is 13.8 Å². The largest absolute Gasteiger partial charge is 0.411 e. The molecule has 1 aromatic rings. The number of halogens is 5. The van der Waals surface area contributed by atoms with Crippen molar-refractivity contribution in [1.29, 1.82) is 0 Å². The Morgan fingerprint density at radius 3 is 2.58 bits per heavy atom. The topological polar surface area (TPSA) is 45.7 Å². The number of nitrogens with zero attached hydrogens (tertiary/aromatic N) is 1. The Labute approximate surface area is 168 Å². The zero-order valence-corrected chi connectivity index (χ0v) is 17.3. The molecule has 0 aliphatic carbocycles. The molecule has 0 aromatic heterocycles. The minimum absolute atomic E-state index is 0. The number of rotatable bonds is 9. The summed E-state index contributed by atoms with van der Waals surface area (Å²) in [5.74, 6) is 0.343. The van der Waals surface area contributed by atoms with Gasteiger partial charge in [0.05, 0.1) is 0 Å². The van der Waals surface area contributed by atoms with E-state index in [9.17, 15) is 17.6 Å². The quantitative estimate of drug-likeness (QED) is 0.182. The summed E-state index contributed by atoms with van der Waals surface area (Å²) in [5, 5.41) is 6.22. The number of hydrogen-bond acceptors (Lipinski definition) is 2. The van der Waals surface area contributed by atoms with E-state index in [0.29, 0.717) is 38.4 Å². The van der Waals surface area contributed by atoms with Crippen molar-refractivity contribution >= 4 is 29.9 Å². The molecule has 0 aliphatic rings. The van der Waals surface area contributed by atoms with Crippen molar-refractivity contribution in [2.24, 2.45) is 4.99 Å². The predicted molar refractivity (Wildman–Crippen MR) is 106 cm³/mol. The minimum atomic E-state index is -4.29. The fourth-order valence-corrected chi connectivity index (χ4v) is 2.14. The lowest BCUT2D eigenvalue weighted by atomic mass is 10.1. The maximum absolute atomic E-state index is 13.1. The first-order valence-corrected chi connectivity index (χ1v) is 8.23. The van der Waals surface area contributed by atoms with Crippen LogP contribution in [0.4, 0.5) is 17.6 Å². The van der Waals surface area contributed by atoms with E-state index >= 15 is 0 Å². The molecule has 4 nitrogen and oxygen atoms in total. The van der Waals surface area contributed by atoms with Gasteiger partial charge in [-0.3, -0.25) is 4.99 Å². The van der Waals surface area contributed by atoms with E-state index in [1.165, 1.54) is 12.1 Å². The van der Waals surface area contributed by atoms with Crippen molar-refractivity contribution in [3.8, 4) is 0 Å². The molecule has 1 aromatic carbocycles. The lowest BCUT2D eigenvalue weighted by molar-refractivity contribution is -0.173. The highest BCUT2D eigenvalue weighted by atomic mass is 127. The molecular weight excluding hydrogens is 465 g/mol. The van der Waals surface area contributed by atoms with Crippen LogP contribution < -0.4 is 10.6 Å². The summed E-state index contributed by atoms with van der Waals surface area (Å²) in [6.45, 7) is 4.22. The van der Waals surface area contributed by atoms with Crippen molar-refractivity contribution in [2.75, 3.05) is 32.8 Å². The summed E-state index contributed by atoms with van der Waals surface area (Å²) in [7, 11) is 0. The number of benzene rings is 1. The zero-order chi connectivity index (χ0) is 18.7. The number of aliphatic imine (C=N–C) groups is 1. The van der Waals surface area contributed by atoms with Crippen LogP contribution in [0.2, 0.25) is 0 Å². The third kappa shape index (κ3) is 11.5. The van der Waals surface area contributed by atoms with Crippen LogP contribution in [-0.2, 0) is 11.2 Å². The Balaban J connectivity index is 0.00000625. The van der Waals surface area contributed by atoms with E-state index in [2.05, 4.69) is 20.4 Å². The maximum Gasteiger partial charge on any atom is 0.411 e. The van der Waals surface area contributed by atoms with Crippen molar-refractivity contribution in [3.63, 3.8) is 0 Å². The van der Waals surface area contributed by atoms with Crippen LogP contribution in [0.3, 0.4) is 0 Å². The normalized spacial score (nSPS) is 11.8. The molecule has 0 aliphatic heterocycles. The van der Waals surface area contributed by atoms with Crippen molar-refractivity contribution in [3.05, 3.63) is 35.1 Å². The predicted octanol–water partition coefficient (Wildman–Crippen LogP) is 3.82. The SMILES string of the molecule is CCNC(=NCCCOCC(F)(F)F)NCCc1ccc(F)cc1C.I. The van der Waals surface area contributed by atoms with Gasteiger partial charge in [0.15, 0.2) is 5.96 Å². The summed E-state index contributed by atoms with van der Waals surface area (Å²) in [6.07, 6.45) is -3.17. The Morgan fingerprint density at radius 2 is 1.96 bits per heavy atom. The average molecular weight is 491 g/mol. The molecule has 1 rings (SSSR count). The molecule has 2 N–H and O–H groups in total. The Morgan fingerprint density at radius 1 is 1.23 bits per heavy atom. The molecular formula is C17H26F4IN3O. The molecule has 0 bridgehead atoms. The van der Waals surface area contributed by atoms with Gasteiger partial charge in [-0.1, -0.05) is 6.07 Å². The van der Waals surface area contributed by atoms with Gasteiger partial charge in [-0.2, -0.15) is 13.2 Å². The van der Waals surface area contributed by atoms with Crippen molar-refractivity contribution < 1.29 is 22.3 Å². The van der Waals surface area contributed by atoms with Gasteiger partial charge < -0.3 is 15.4 Å². The summed E-state index contributed by atoms with van der Waals surface area (Å²) >= 11 is 0. The summed E-state index contributed by atoms with van der Waals surface area (Å²) in [6, 6.07) is 4.69. The summed E-state index contributed by atoms with van der Waals surface area (Å²) in [4.78, 5) is 4.29. The van der Waals surface area contributed by atoms with Crippen LogP contribution >= 0.6 is 24.0 Å². The average Bonchev–Trinajstić information content (AvgIpc) is 2.51. The summed E-state index contributed by atoms with van der Waals surface area (Å²) < 4.78 is 53.4. The highest BCUT2D eigenvalue weighted by molar-refractivity contribution is 14.0. The molecule has 150 valence electrons. The van der Waals surface area contributed by atoms with Crippen LogP contribution in [0.5, 0.6) is 0 Å². The standard InChI is InChI=1S/C17H25F4N3O.HI/c1-3-22-16(23-8-4-10-25-12-17(19,20)21)24-9-7-14-5-6-15(18)11-13(14)2;/h5-6,11H,3-4,7-10,12H2,1-2H3,(H2,22,23,24);1H. The molecule has 0 saturated heterocycles. The van der Waals surface area contributed by atoms with Crippen LogP contribution in [0.1, 0.15) is 24.5 Å². The summed E-state index contributed by atoms with van der Waals surface area (Å²) in [5.41, 5.74) is 1.94.